The first-order valence-electron chi connectivity index (χ1n) is 2.52. The monoisotopic (exact) mass is 129 g/mol. The predicted molar refractivity (Wildman–Crippen MR) is 41.2 cm³/mol. The topological polar surface area (TPSA) is 26.0 Å². The summed E-state index contributed by atoms with van der Waals surface area (Å²) in [5.41, 5.74) is 5.62. The van der Waals surface area contributed by atoms with Crippen LogP contribution in [0.4, 0.5) is 0 Å². The van der Waals surface area contributed by atoms with Crippen LogP contribution in [0.1, 0.15) is 0 Å². The van der Waals surface area contributed by atoms with Crippen LogP contribution >= 0.6 is 8.07 Å². The highest BCUT2D eigenvalue weighted by Crippen LogP contribution is 2.23. The van der Waals surface area contributed by atoms with E-state index in [1.54, 1.807) is 0 Å². The van der Waals surface area contributed by atoms with Gasteiger partial charge in [0.2, 0.25) is 0 Å². The van der Waals surface area contributed by atoms with Crippen molar-refractivity contribution in [3.8, 4) is 0 Å². The van der Waals surface area contributed by atoms with Crippen LogP contribution in [0.25, 0.3) is 0 Å². The molecular weight excluding hydrogens is 117 g/mol. The van der Waals surface area contributed by atoms with Gasteiger partial charge in [0.15, 0.2) is 0 Å². The van der Waals surface area contributed by atoms with E-state index in [9.17, 15) is 0 Å². The Morgan fingerprint density at radius 3 is 1.88 bits per heavy atom. The molecule has 1 nitrogen and oxygen atoms in total. The van der Waals surface area contributed by atoms with Gasteiger partial charge in [0.1, 0.15) is 0 Å². The zero-order valence-electron chi connectivity index (χ0n) is 5.01. The molecule has 0 saturated carbocycles. The van der Waals surface area contributed by atoms with Gasteiger partial charge in [0.05, 0.1) is 0 Å². The first-order valence-corrected chi connectivity index (χ1v) is 4.30. The molecule has 2 N–H and O–H groups in total. The molecule has 0 atom stereocenters. The Hall–Kier alpha value is -0.130. The van der Waals surface area contributed by atoms with Crippen molar-refractivity contribution in [1.82, 2.24) is 0 Å². The van der Waals surface area contributed by atoms with E-state index in [1.807, 2.05) is 12.2 Å². The number of nitrogens with two attached hydrogens (primary N) is 1. The van der Waals surface area contributed by atoms with E-state index in [0.717, 1.165) is 12.3 Å². The van der Waals surface area contributed by atoms with Gasteiger partial charge in [-0.25, -0.2) is 0 Å². The first kappa shape index (κ1) is 7.87. The van der Waals surface area contributed by atoms with Crippen molar-refractivity contribution in [2.24, 2.45) is 5.50 Å². The Morgan fingerprint density at radius 2 is 1.62 bits per heavy atom. The normalized spacial score (nSPS) is 9.25. The lowest BCUT2D eigenvalue weighted by molar-refractivity contribution is 1.61. The van der Waals surface area contributed by atoms with Crippen molar-refractivity contribution in [1.29, 1.82) is 0 Å². The zero-order chi connectivity index (χ0) is 6.41. The highest BCUT2D eigenvalue weighted by atomic mass is 31.1. The minimum Gasteiger partial charge on any atom is -0.309 e. The largest absolute Gasteiger partial charge is 0.309 e. The lowest BCUT2D eigenvalue weighted by Gasteiger charge is -2.02. The molecule has 0 heterocycles. The minimum absolute atomic E-state index is 0.317. The molecule has 0 aliphatic heterocycles. The second-order valence-electron chi connectivity index (χ2n) is 1.53. The van der Waals surface area contributed by atoms with Crippen molar-refractivity contribution >= 4 is 8.07 Å². The maximum atomic E-state index is 5.62. The van der Waals surface area contributed by atoms with Gasteiger partial charge in [-0.3, -0.25) is 0 Å². The SMILES string of the molecule is C=CCP(N)CC=C. The summed E-state index contributed by atoms with van der Waals surface area (Å²) in [5, 5.41) is 0. The fraction of sp³-hybridized carbons (Fsp3) is 0.333. The fourth-order valence-electron chi connectivity index (χ4n) is 0.406. The van der Waals surface area contributed by atoms with Crippen LogP contribution in [0.2, 0.25) is 0 Å². The van der Waals surface area contributed by atoms with Crippen LogP contribution in [0.5, 0.6) is 0 Å². The Kier molecular flexibility index (Phi) is 4.93. The molecule has 8 heavy (non-hydrogen) atoms. The van der Waals surface area contributed by atoms with E-state index in [-0.39, 0.29) is 8.07 Å². The van der Waals surface area contributed by atoms with Crippen molar-refractivity contribution in [3.05, 3.63) is 25.3 Å². The Balaban J connectivity index is 3.16. The average Bonchev–Trinajstić information content (AvgIpc) is 1.68. The summed E-state index contributed by atoms with van der Waals surface area (Å²) in [6, 6.07) is 0. The molecular formula is C6H12NP. The molecule has 0 amide bonds. The molecule has 0 radical (unpaired) electrons. The van der Waals surface area contributed by atoms with Gasteiger partial charge < -0.3 is 5.50 Å². The maximum Gasteiger partial charge on any atom is -0.00155 e. The van der Waals surface area contributed by atoms with Gasteiger partial charge in [-0.1, -0.05) is 12.2 Å². The summed E-state index contributed by atoms with van der Waals surface area (Å²) in [5.74, 6) is 0. The van der Waals surface area contributed by atoms with Gasteiger partial charge in [0.25, 0.3) is 0 Å². The van der Waals surface area contributed by atoms with E-state index in [2.05, 4.69) is 13.2 Å². The molecule has 0 aromatic carbocycles. The molecule has 0 spiro atoms. The van der Waals surface area contributed by atoms with Gasteiger partial charge in [-0.05, 0) is 20.4 Å². The molecule has 0 aromatic heterocycles. The lowest BCUT2D eigenvalue weighted by atomic mass is 10.8. The number of allylic oxidation sites excluding steroid dienone is 2. The molecule has 0 rings (SSSR count). The lowest BCUT2D eigenvalue weighted by Crippen LogP contribution is -1.93. The third-order valence-corrected chi connectivity index (χ3v) is 2.18. The van der Waals surface area contributed by atoms with Crippen LogP contribution < -0.4 is 5.50 Å². The van der Waals surface area contributed by atoms with Crippen molar-refractivity contribution in [2.45, 2.75) is 0 Å². The molecule has 0 saturated heterocycles. The summed E-state index contributed by atoms with van der Waals surface area (Å²) in [4.78, 5) is 0. The number of hydrogen-bond acceptors (Lipinski definition) is 1. The summed E-state index contributed by atoms with van der Waals surface area (Å²) in [6.45, 7) is 7.17. The number of hydrogen-bond donors (Lipinski definition) is 1. The standard InChI is InChI=1S/C6H12NP/c1-3-5-8(7)6-4-2/h3-4H,1-2,5-7H2. The molecule has 0 unspecified atom stereocenters. The van der Waals surface area contributed by atoms with Crippen molar-refractivity contribution in [3.63, 3.8) is 0 Å². The second-order valence-corrected chi connectivity index (χ2v) is 3.44. The third kappa shape index (κ3) is 4.04. The Morgan fingerprint density at radius 1 is 1.25 bits per heavy atom. The Labute approximate surface area is 52.1 Å². The third-order valence-electron chi connectivity index (χ3n) is 0.727. The van der Waals surface area contributed by atoms with E-state index in [1.165, 1.54) is 0 Å². The van der Waals surface area contributed by atoms with Crippen LogP contribution in [0, 0.1) is 0 Å². The molecule has 2 heteroatoms. The second kappa shape index (κ2) is 5.02. The highest BCUT2D eigenvalue weighted by molar-refractivity contribution is 7.55. The van der Waals surface area contributed by atoms with Crippen LogP contribution in [-0.4, -0.2) is 12.3 Å². The molecule has 0 bridgehead atoms. The van der Waals surface area contributed by atoms with Crippen LogP contribution in [-0.2, 0) is 0 Å². The smallest absolute Gasteiger partial charge is 0.00155 e. The summed E-state index contributed by atoms with van der Waals surface area (Å²) < 4.78 is 0. The zero-order valence-corrected chi connectivity index (χ0v) is 5.90. The highest BCUT2D eigenvalue weighted by Gasteiger charge is 1.91. The number of rotatable bonds is 4. The van der Waals surface area contributed by atoms with Crippen molar-refractivity contribution in [2.75, 3.05) is 12.3 Å². The summed E-state index contributed by atoms with van der Waals surface area (Å²) in [6.07, 6.45) is 5.60. The summed E-state index contributed by atoms with van der Waals surface area (Å²) in [7, 11) is -0.317. The predicted octanol–water partition coefficient (Wildman–Crippen LogP) is 1.71. The average molecular weight is 129 g/mol. The van der Waals surface area contributed by atoms with Gasteiger partial charge in [-0.15, -0.1) is 13.2 Å². The van der Waals surface area contributed by atoms with E-state index in [0.29, 0.717) is 0 Å². The van der Waals surface area contributed by atoms with Gasteiger partial charge in [0, 0.05) is 0 Å². The molecule has 0 fully saturated rings. The fourth-order valence-corrected chi connectivity index (χ4v) is 1.22. The summed E-state index contributed by atoms with van der Waals surface area (Å²) >= 11 is 0. The van der Waals surface area contributed by atoms with E-state index in [4.69, 9.17) is 5.50 Å². The quantitative estimate of drug-likeness (QED) is 0.454. The Bertz CT molecular complexity index is 70.6. The van der Waals surface area contributed by atoms with Gasteiger partial charge >= 0.3 is 0 Å². The first-order chi connectivity index (χ1) is 3.81. The maximum absolute atomic E-state index is 5.62. The van der Waals surface area contributed by atoms with Crippen LogP contribution in [0.15, 0.2) is 25.3 Å². The molecule has 46 valence electrons. The minimum atomic E-state index is -0.317. The van der Waals surface area contributed by atoms with E-state index >= 15 is 0 Å². The molecule has 0 aromatic rings. The van der Waals surface area contributed by atoms with Crippen molar-refractivity contribution < 1.29 is 0 Å². The molecule has 0 aliphatic carbocycles. The van der Waals surface area contributed by atoms with Crippen LogP contribution in [0.3, 0.4) is 0 Å². The van der Waals surface area contributed by atoms with E-state index < -0.39 is 0 Å². The molecule has 0 aliphatic rings. The van der Waals surface area contributed by atoms with Gasteiger partial charge in [-0.2, -0.15) is 0 Å².